The van der Waals surface area contributed by atoms with Crippen LogP contribution in [0.1, 0.15) is 33.1 Å². The first kappa shape index (κ1) is 20.0. The van der Waals surface area contributed by atoms with Crippen molar-refractivity contribution in [3.8, 4) is 0 Å². The maximum atomic E-state index is 11.8. The molecule has 1 amide bonds. The summed E-state index contributed by atoms with van der Waals surface area (Å²) in [6.07, 6.45) is 2.82. The van der Waals surface area contributed by atoms with E-state index in [2.05, 4.69) is 34.4 Å². The Hall–Kier alpha value is -1.34. The van der Waals surface area contributed by atoms with Crippen LogP contribution < -0.4 is 10.6 Å². The molecule has 7 nitrogen and oxygen atoms in total. The molecule has 2 saturated heterocycles. The summed E-state index contributed by atoms with van der Waals surface area (Å²) in [6, 6.07) is 0.306. The van der Waals surface area contributed by atoms with Gasteiger partial charge in [-0.15, -0.1) is 0 Å². The molecule has 0 aromatic heterocycles. The van der Waals surface area contributed by atoms with Gasteiger partial charge in [0.05, 0.1) is 6.54 Å². The van der Waals surface area contributed by atoms with Crippen molar-refractivity contribution in [3.63, 3.8) is 0 Å². The van der Waals surface area contributed by atoms with Gasteiger partial charge in [-0.3, -0.25) is 9.79 Å². The molecule has 2 rings (SSSR count). The van der Waals surface area contributed by atoms with Crippen molar-refractivity contribution in [1.82, 2.24) is 25.3 Å². The number of hydrogen-bond donors (Lipinski definition) is 2. The molecule has 2 heterocycles. The SMILES string of the molecule is CCNC(=NCCN1CCCN(C)CC1)NC1CCN(C(=O)CC)C1. The van der Waals surface area contributed by atoms with E-state index in [1.165, 1.54) is 19.5 Å². The van der Waals surface area contributed by atoms with Gasteiger partial charge in [0.1, 0.15) is 0 Å². The van der Waals surface area contributed by atoms with Gasteiger partial charge in [0.2, 0.25) is 5.91 Å². The van der Waals surface area contributed by atoms with Crippen LogP contribution in [-0.2, 0) is 4.79 Å². The largest absolute Gasteiger partial charge is 0.357 e. The molecule has 0 spiro atoms. The average Bonchev–Trinajstić information content (AvgIpc) is 2.97. The lowest BCUT2D eigenvalue weighted by Gasteiger charge is -2.20. The van der Waals surface area contributed by atoms with E-state index in [9.17, 15) is 4.79 Å². The van der Waals surface area contributed by atoms with Crippen LogP contribution in [0.3, 0.4) is 0 Å². The summed E-state index contributed by atoms with van der Waals surface area (Å²) in [5.74, 6) is 1.13. The lowest BCUT2D eigenvalue weighted by Crippen LogP contribution is -2.45. The molecule has 1 atom stereocenters. The minimum Gasteiger partial charge on any atom is -0.357 e. The molecule has 2 aliphatic heterocycles. The molecule has 2 fully saturated rings. The van der Waals surface area contributed by atoms with E-state index in [4.69, 9.17) is 4.99 Å². The van der Waals surface area contributed by atoms with Gasteiger partial charge in [-0.05, 0) is 39.9 Å². The fourth-order valence-electron chi connectivity index (χ4n) is 3.47. The Bertz CT molecular complexity index is 441. The van der Waals surface area contributed by atoms with Gasteiger partial charge in [-0.25, -0.2) is 0 Å². The van der Waals surface area contributed by atoms with Crippen LogP contribution in [0.25, 0.3) is 0 Å². The van der Waals surface area contributed by atoms with Crippen LogP contribution >= 0.6 is 0 Å². The van der Waals surface area contributed by atoms with E-state index >= 15 is 0 Å². The van der Waals surface area contributed by atoms with E-state index in [1.54, 1.807) is 0 Å². The first-order valence-corrected chi connectivity index (χ1v) is 9.85. The first-order chi connectivity index (χ1) is 12.1. The number of aliphatic imine (C=N–C) groups is 1. The Labute approximate surface area is 152 Å². The number of amides is 1. The second-order valence-electron chi connectivity index (χ2n) is 7.08. The van der Waals surface area contributed by atoms with Gasteiger partial charge in [-0.1, -0.05) is 6.92 Å². The highest BCUT2D eigenvalue weighted by Gasteiger charge is 2.25. The van der Waals surface area contributed by atoms with Gasteiger partial charge < -0.3 is 25.3 Å². The number of likely N-dealkylation sites (N-methyl/N-ethyl adjacent to an activating group) is 1. The third-order valence-electron chi connectivity index (χ3n) is 5.03. The second kappa shape index (κ2) is 10.6. The number of carbonyl (C=O) groups excluding carboxylic acids is 1. The number of nitrogens with zero attached hydrogens (tertiary/aromatic N) is 4. The molecule has 0 aliphatic carbocycles. The topological polar surface area (TPSA) is 63.2 Å². The van der Waals surface area contributed by atoms with Crippen molar-refractivity contribution in [3.05, 3.63) is 0 Å². The predicted molar refractivity (Wildman–Crippen MR) is 103 cm³/mol. The second-order valence-corrected chi connectivity index (χ2v) is 7.08. The maximum absolute atomic E-state index is 11.8. The van der Waals surface area contributed by atoms with Gasteiger partial charge in [0.25, 0.3) is 0 Å². The Kier molecular flexibility index (Phi) is 8.48. The predicted octanol–water partition coefficient (Wildman–Crippen LogP) is 0.190. The molecule has 0 aromatic rings. The Morgan fingerprint density at radius 1 is 1.16 bits per heavy atom. The molecule has 7 heteroatoms. The molecule has 0 aromatic carbocycles. The van der Waals surface area contributed by atoms with Gasteiger partial charge in [0.15, 0.2) is 5.96 Å². The quantitative estimate of drug-likeness (QED) is 0.528. The molecule has 0 radical (unpaired) electrons. The molecule has 25 heavy (non-hydrogen) atoms. The summed E-state index contributed by atoms with van der Waals surface area (Å²) in [5, 5.41) is 6.83. The molecule has 144 valence electrons. The van der Waals surface area contributed by atoms with E-state index in [0.29, 0.717) is 12.5 Å². The smallest absolute Gasteiger partial charge is 0.222 e. The summed E-state index contributed by atoms with van der Waals surface area (Å²) in [5.41, 5.74) is 0. The fourth-order valence-corrected chi connectivity index (χ4v) is 3.47. The van der Waals surface area contributed by atoms with Crippen LogP contribution in [0.2, 0.25) is 0 Å². The lowest BCUT2D eigenvalue weighted by atomic mass is 10.3. The van der Waals surface area contributed by atoms with Crippen molar-refractivity contribution in [2.45, 2.75) is 39.2 Å². The first-order valence-electron chi connectivity index (χ1n) is 9.85. The van der Waals surface area contributed by atoms with Crippen LogP contribution in [0.15, 0.2) is 4.99 Å². The van der Waals surface area contributed by atoms with Crippen molar-refractivity contribution >= 4 is 11.9 Å². The molecule has 0 bridgehead atoms. The van der Waals surface area contributed by atoms with Gasteiger partial charge >= 0.3 is 0 Å². The third kappa shape index (κ3) is 6.82. The van der Waals surface area contributed by atoms with Crippen molar-refractivity contribution in [1.29, 1.82) is 0 Å². The molecule has 1 unspecified atom stereocenters. The Morgan fingerprint density at radius 3 is 2.76 bits per heavy atom. The van der Waals surface area contributed by atoms with E-state index in [-0.39, 0.29) is 5.91 Å². The summed E-state index contributed by atoms with van der Waals surface area (Å²) in [4.78, 5) is 23.4. The minimum absolute atomic E-state index is 0.248. The Balaban J connectivity index is 1.77. The van der Waals surface area contributed by atoms with Crippen LogP contribution in [0, 0.1) is 0 Å². The number of rotatable bonds is 6. The molecule has 2 aliphatic rings. The van der Waals surface area contributed by atoms with E-state index in [0.717, 1.165) is 58.2 Å². The number of likely N-dealkylation sites (tertiary alicyclic amines) is 1. The zero-order chi connectivity index (χ0) is 18.1. The third-order valence-corrected chi connectivity index (χ3v) is 5.03. The van der Waals surface area contributed by atoms with Gasteiger partial charge in [0, 0.05) is 51.7 Å². The van der Waals surface area contributed by atoms with E-state index < -0.39 is 0 Å². The highest BCUT2D eigenvalue weighted by molar-refractivity contribution is 5.80. The standard InChI is InChI=1S/C18H36N6O/c1-4-17(25)24-11-7-16(15-24)21-18(19-5-2)20-8-12-23-10-6-9-22(3)13-14-23/h16H,4-15H2,1-3H3,(H2,19,20,21). The van der Waals surface area contributed by atoms with Gasteiger partial charge in [-0.2, -0.15) is 0 Å². The van der Waals surface area contributed by atoms with Crippen LogP contribution in [0.4, 0.5) is 0 Å². The highest BCUT2D eigenvalue weighted by atomic mass is 16.2. The van der Waals surface area contributed by atoms with Crippen molar-refractivity contribution < 1.29 is 4.79 Å². The summed E-state index contributed by atoms with van der Waals surface area (Å²) in [7, 11) is 2.20. The molecule has 2 N–H and O–H groups in total. The zero-order valence-corrected chi connectivity index (χ0v) is 16.3. The fraction of sp³-hybridized carbons (Fsp3) is 0.889. The van der Waals surface area contributed by atoms with E-state index in [1.807, 2.05) is 11.8 Å². The number of carbonyl (C=O) groups is 1. The summed E-state index contributed by atoms with van der Waals surface area (Å²) in [6.45, 7) is 13.0. The van der Waals surface area contributed by atoms with Crippen LogP contribution in [-0.4, -0.2) is 98.6 Å². The minimum atomic E-state index is 0.248. The Morgan fingerprint density at radius 2 is 2.00 bits per heavy atom. The highest BCUT2D eigenvalue weighted by Crippen LogP contribution is 2.10. The molecular weight excluding hydrogens is 316 g/mol. The average molecular weight is 353 g/mol. The number of nitrogens with one attached hydrogen (secondary N) is 2. The number of hydrogen-bond acceptors (Lipinski definition) is 4. The lowest BCUT2D eigenvalue weighted by molar-refractivity contribution is -0.129. The maximum Gasteiger partial charge on any atom is 0.222 e. The summed E-state index contributed by atoms with van der Waals surface area (Å²) < 4.78 is 0. The normalized spacial score (nSPS) is 23.6. The molecular formula is C18H36N6O. The summed E-state index contributed by atoms with van der Waals surface area (Å²) >= 11 is 0. The monoisotopic (exact) mass is 352 g/mol. The zero-order valence-electron chi connectivity index (χ0n) is 16.3. The van der Waals surface area contributed by atoms with Crippen LogP contribution in [0.5, 0.6) is 0 Å². The molecule has 0 saturated carbocycles. The number of guanidine groups is 1. The van der Waals surface area contributed by atoms with Crippen molar-refractivity contribution in [2.24, 2.45) is 4.99 Å². The van der Waals surface area contributed by atoms with Crippen molar-refractivity contribution in [2.75, 3.05) is 66.0 Å².